The highest BCUT2D eigenvalue weighted by Gasteiger charge is 2.22. The molecule has 1 atom stereocenters. The average Bonchev–Trinajstić information content (AvgIpc) is 2.65. The summed E-state index contributed by atoms with van der Waals surface area (Å²) in [6.07, 6.45) is 3.31. The van der Waals surface area contributed by atoms with Crippen LogP contribution in [0.4, 0.5) is 11.4 Å². The lowest BCUT2D eigenvalue weighted by Gasteiger charge is -2.28. The van der Waals surface area contributed by atoms with Crippen LogP contribution >= 0.6 is 0 Å². The highest BCUT2D eigenvalue weighted by molar-refractivity contribution is 5.98. The predicted octanol–water partition coefficient (Wildman–Crippen LogP) is 4.64. The molecular weight excluding hydrogens is 324 g/mol. The monoisotopic (exact) mass is 350 g/mol. The van der Waals surface area contributed by atoms with Gasteiger partial charge in [-0.25, -0.2) is 0 Å². The summed E-state index contributed by atoms with van der Waals surface area (Å²) >= 11 is 0. The van der Waals surface area contributed by atoms with Crippen molar-refractivity contribution >= 4 is 23.2 Å². The molecule has 0 radical (unpaired) electrons. The van der Waals surface area contributed by atoms with E-state index in [1.54, 1.807) is 0 Å². The van der Waals surface area contributed by atoms with Gasteiger partial charge in [-0.15, -0.1) is 0 Å². The largest absolute Gasteiger partial charge is 0.325 e. The third-order valence-corrected chi connectivity index (χ3v) is 5.02. The normalized spacial score (nSPS) is 15.6. The number of carbonyl (C=O) groups is 2. The van der Waals surface area contributed by atoms with Crippen LogP contribution in [-0.4, -0.2) is 18.4 Å². The zero-order valence-electron chi connectivity index (χ0n) is 15.5. The molecular formula is C22H26N2O2. The van der Waals surface area contributed by atoms with E-state index in [9.17, 15) is 9.59 Å². The number of benzene rings is 2. The maximum atomic E-state index is 12.8. The Morgan fingerprint density at radius 2 is 1.92 bits per heavy atom. The molecule has 2 amide bonds. The van der Waals surface area contributed by atoms with Gasteiger partial charge in [0.15, 0.2) is 0 Å². The molecule has 2 aromatic carbocycles. The molecule has 26 heavy (non-hydrogen) atoms. The number of anilines is 2. The molecule has 1 aliphatic heterocycles. The first-order valence-corrected chi connectivity index (χ1v) is 9.37. The summed E-state index contributed by atoms with van der Waals surface area (Å²) in [5.74, 6) is -0.0328. The Morgan fingerprint density at radius 3 is 2.62 bits per heavy atom. The Balaban J connectivity index is 1.80. The van der Waals surface area contributed by atoms with Gasteiger partial charge in [0, 0.05) is 24.3 Å². The number of hydrogen-bond donors (Lipinski definition) is 1. The Labute approximate surface area is 155 Å². The van der Waals surface area contributed by atoms with Gasteiger partial charge in [-0.2, -0.15) is 0 Å². The Kier molecular flexibility index (Phi) is 5.71. The summed E-state index contributed by atoms with van der Waals surface area (Å²) in [5, 5.41) is 3.04. The minimum absolute atomic E-state index is 0.0153. The fourth-order valence-corrected chi connectivity index (χ4v) is 3.53. The van der Waals surface area contributed by atoms with Crippen LogP contribution in [0.2, 0.25) is 0 Å². The minimum atomic E-state index is -0.183. The first-order chi connectivity index (χ1) is 12.6. The molecule has 136 valence electrons. The van der Waals surface area contributed by atoms with Crippen LogP contribution in [0, 0.1) is 6.92 Å². The number of amides is 2. The molecule has 1 heterocycles. The lowest BCUT2D eigenvalue weighted by Crippen LogP contribution is -2.35. The standard InChI is InChI=1S/C22H26N2O2/c1-3-19(17-9-5-4-6-10-17)22(26)23-18-13-12-16(2)20(15-18)24-14-8-7-11-21(24)25/h4-6,9-10,12-13,15,19H,3,7-8,11,14H2,1-2H3,(H,23,26). The van der Waals surface area contributed by atoms with Crippen LogP contribution < -0.4 is 10.2 Å². The first-order valence-electron chi connectivity index (χ1n) is 9.37. The molecule has 1 N–H and O–H groups in total. The lowest BCUT2D eigenvalue weighted by atomic mass is 9.95. The van der Waals surface area contributed by atoms with Gasteiger partial charge < -0.3 is 10.2 Å². The quantitative estimate of drug-likeness (QED) is 0.854. The second-order valence-corrected chi connectivity index (χ2v) is 6.86. The smallest absolute Gasteiger partial charge is 0.231 e. The number of rotatable bonds is 5. The average molecular weight is 350 g/mol. The second kappa shape index (κ2) is 8.17. The molecule has 1 saturated heterocycles. The Hall–Kier alpha value is -2.62. The second-order valence-electron chi connectivity index (χ2n) is 6.86. The summed E-state index contributed by atoms with van der Waals surface area (Å²) in [7, 11) is 0. The topological polar surface area (TPSA) is 49.4 Å². The third-order valence-electron chi connectivity index (χ3n) is 5.02. The highest BCUT2D eigenvalue weighted by Crippen LogP contribution is 2.29. The summed E-state index contributed by atoms with van der Waals surface area (Å²) in [5.41, 5.74) is 3.71. The van der Waals surface area contributed by atoms with Crippen molar-refractivity contribution in [3.05, 3.63) is 59.7 Å². The van der Waals surface area contributed by atoms with Crippen molar-refractivity contribution in [2.75, 3.05) is 16.8 Å². The molecule has 1 fully saturated rings. The molecule has 0 spiro atoms. The van der Waals surface area contributed by atoms with Crippen molar-refractivity contribution < 1.29 is 9.59 Å². The van der Waals surface area contributed by atoms with Gasteiger partial charge in [0.1, 0.15) is 0 Å². The van der Waals surface area contributed by atoms with Crippen LogP contribution in [0.5, 0.6) is 0 Å². The molecule has 1 aliphatic rings. The molecule has 0 aromatic heterocycles. The summed E-state index contributed by atoms with van der Waals surface area (Å²) in [6.45, 7) is 4.77. The van der Waals surface area contributed by atoms with Gasteiger partial charge in [0.25, 0.3) is 0 Å². The van der Waals surface area contributed by atoms with E-state index in [0.717, 1.165) is 48.3 Å². The van der Waals surface area contributed by atoms with Crippen molar-refractivity contribution in [3.63, 3.8) is 0 Å². The van der Waals surface area contributed by atoms with E-state index in [2.05, 4.69) is 5.32 Å². The van der Waals surface area contributed by atoms with Crippen LogP contribution in [0.3, 0.4) is 0 Å². The van der Waals surface area contributed by atoms with Gasteiger partial charge in [-0.3, -0.25) is 9.59 Å². The highest BCUT2D eigenvalue weighted by atomic mass is 16.2. The van der Waals surface area contributed by atoms with Crippen LogP contribution in [0.15, 0.2) is 48.5 Å². The molecule has 0 bridgehead atoms. The number of carbonyl (C=O) groups excluding carboxylic acids is 2. The van der Waals surface area contributed by atoms with Gasteiger partial charge >= 0.3 is 0 Å². The Bertz CT molecular complexity index is 786. The number of piperidine rings is 1. The van der Waals surface area contributed by atoms with E-state index in [1.807, 2.05) is 67.3 Å². The molecule has 1 unspecified atom stereocenters. The fourth-order valence-electron chi connectivity index (χ4n) is 3.53. The minimum Gasteiger partial charge on any atom is -0.325 e. The first kappa shape index (κ1) is 18.2. The van der Waals surface area contributed by atoms with E-state index in [-0.39, 0.29) is 17.7 Å². The number of aryl methyl sites for hydroxylation is 1. The third kappa shape index (κ3) is 3.96. The fraction of sp³-hybridized carbons (Fsp3) is 0.364. The zero-order chi connectivity index (χ0) is 18.5. The van der Waals surface area contributed by atoms with Crippen molar-refractivity contribution in [2.24, 2.45) is 0 Å². The zero-order valence-corrected chi connectivity index (χ0v) is 15.5. The van der Waals surface area contributed by atoms with Gasteiger partial charge in [0.05, 0.1) is 5.92 Å². The van der Waals surface area contributed by atoms with Gasteiger partial charge in [0.2, 0.25) is 11.8 Å². The number of nitrogens with one attached hydrogen (secondary N) is 1. The van der Waals surface area contributed by atoms with Crippen molar-refractivity contribution in [2.45, 2.75) is 45.4 Å². The van der Waals surface area contributed by atoms with Gasteiger partial charge in [-0.1, -0.05) is 43.3 Å². The van der Waals surface area contributed by atoms with E-state index >= 15 is 0 Å². The number of nitrogens with zero attached hydrogens (tertiary/aromatic N) is 1. The predicted molar refractivity (Wildman–Crippen MR) is 105 cm³/mol. The number of hydrogen-bond acceptors (Lipinski definition) is 2. The van der Waals surface area contributed by atoms with Crippen molar-refractivity contribution in [3.8, 4) is 0 Å². The maximum Gasteiger partial charge on any atom is 0.231 e. The van der Waals surface area contributed by atoms with Crippen LogP contribution in [0.1, 0.15) is 49.7 Å². The Morgan fingerprint density at radius 1 is 1.15 bits per heavy atom. The summed E-state index contributed by atoms with van der Waals surface area (Å²) in [6, 6.07) is 15.6. The van der Waals surface area contributed by atoms with E-state index in [4.69, 9.17) is 0 Å². The SMILES string of the molecule is CCC(C(=O)Nc1ccc(C)c(N2CCCCC2=O)c1)c1ccccc1. The molecule has 4 heteroatoms. The van der Waals surface area contributed by atoms with E-state index in [1.165, 1.54) is 0 Å². The molecule has 3 rings (SSSR count). The molecule has 0 aliphatic carbocycles. The molecule has 4 nitrogen and oxygen atoms in total. The van der Waals surface area contributed by atoms with E-state index < -0.39 is 0 Å². The summed E-state index contributed by atoms with van der Waals surface area (Å²) < 4.78 is 0. The maximum absolute atomic E-state index is 12.8. The van der Waals surface area contributed by atoms with Gasteiger partial charge in [-0.05, 0) is 49.4 Å². The molecule has 2 aromatic rings. The van der Waals surface area contributed by atoms with E-state index in [0.29, 0.717) is 6.42 Å². The molecule has 0 saturated carbocycles. The lowest BCUT2D eigenvalue weighted by molar-refractivity contribution is -0.119. The van der Waals surface area contributed by atoms with Crippen LogP contribution in [0.25, 0.3) is 0 Å². The summed E-state index contributed by atoms with van der Waals surface area (Å²) in [4.78, 5) is 26.9. The van der Waals surface area contributed by atoms with Crippen molar-refractivity contribution in [1.82, 2.24) is 0 Å². The van der Waals surface area contributed by atoms with Crippen molar-refractivity contribution in [1.29, 1.82) is 0 Å². The van der Waals surface area contributed by atoms with Crippen LogP contribution in [-0.2, 0) is 9.59 Å².